The molecule has 4 atom stereocenters. The minimum Gasteiger partial charge on any atom is -0.394 e. The number of amides is 1. The van der Waals surface area contributed by atoms with E-state index in [-0.39, 0.29) is 0 Å². The van der Waals surface area contributed by atoms with E-state index in [1.165, 1.54) is 205 Å². The molecule has 350 valence electrons. The topological polar surface area (TPSA) is 110 Å². The average molecular weight is 834 g/mol. The van der Waals surface area contributed by atoms with Crippen LogP contribution in [0.15, 0.2) is 24.3 Å². The molecule has 59 heavy (non-hydrogen) atoms. The van der Waals surface area contributed by atoms with E-state index in [2.05, 4.69) is 43.5 Å². The van der Waals surface area contributed by atoms with Gasteiger partial charge in [0.25, 0.3) is 0 Å². The molecule has 6 heteroatoms. The van der Waals surface area contributed by atoms with Crippen LogP contribution in [0.2, 0.25) is 0 Å². The van der Waals surface area contributed by atoms with Crippen molar-refractivity contribution in [2.24, 2.45) is 0 Å². The van der Waals surface area contributed by atoms with E-state index in [9.17, 15) is 25.2 Å². The van der Waals surface area contributed by atoms with Crippen LogP contribution in [0.25, 0.3) is 0 Å². The van der Waals surface area contributed by atoms with Crippen molar-refractivity contribution in [3.05, 3.63) is 24.3 Å². The molecule has 0 aromatic carbocycles. The van der Waals surface area contributed by atoms with Gasteiger partial charge in [0, 0.05) is 0 Å². The SMILES string of the molecule is CCCCCCCCCCCCC/C=C\C/C=C\CCCCCCCCCCCCCCCCCCC(O)C(=O)NC(CO)C(O)C(O)CCCCCCCCCCC. The number of rotatable bonds is 48. The number of nitrogens with one attached hydrogen (secondary N) is 1. The molecule has 0 saturated carbocycles. The molecule has 0 spiro atoms. The van der Waals surface area contributed by atoms with Crippen LogP contribution >= 0.6 is 0 Å². The summed E-state index contributed by atoms with van der Waals surface area (Å²) >= 11 is 0. The van der Waals surface area contributed by atoms with Crippen molar-refractivity contribution in [1.82, 2.24) is 5.32 Å². The number of hydrogen-bond donors (Lipinski definition) is 5. The van der Waals surface area contributed by atoms with Gasteiger partial charge in [0.15, 0.2) is 0 Å². The zero-order valence-corrected chi connectivity index (χ0v) is 39.5. The van der Waals surface area contributed by atoms with E-state index in [1.54, 1.807) is 0 Å². The number of allylic oxidation sites excluding steroid dienone is 4. The van der Waals surface area contributed by atoms with E-state index in [0.717, 1.165) is 44.9 Å². The van der Waals surface area contributed by atoms with Gasteiger partial charge in [-0.05, 0) is 44.9 Å². The normalized spacial score (nSPS) is 14.1. The summed E-state index contributed by atoms with van der Waals surface area (Å²) in [7, 11) is 0. The number of carbonyl (C=O) groups is 1. The van der Waals surface area contributed by atoms with E-state index >= 15 is 0 Å². The highest BCUT2D eigenvalue weighted by Gasteiger charge is 2.28. The van der Waals surface area contributed by atoms with Gasteiger partial charge in [0.05, 0.1) is 18.8 Å². The minimum absolute atomic E-state index is 0.371. The van der Waals surface area contributed by atoms with Gasteiger partial charge in [-0.3, -0.25) is 4.79 Å². The molecule has 0 aliphatic rings. The summed E-state index contributed by atoms with van der Waals surface area (Å²) in [6, 6.07) is -0.981. The summed E-state index contributed by atoms with van der Waals surface area (Å²) < 4.78 is 0. The number of unbranched alkanes of at least 4 members (excludes halogenated alkanes) is 35. The van der Waals surface area contributed by atoms with Gasteiger partial charge in [-0.2, -0.15) is 0 Å². The van der Waals surface area contributed by atoms with Crippen LogP contribution < -0.4 is 5.32 Å². The molecular formula is C53H103NO5. The third kappa shape index (κ3) is 41.9. The Morgan fingerprint density at radius 2 is 0.729 bits per heavy atom. The van der Waals surface area contributed by atoms with Crippen LogP contribution in [-0.2, 0) is 4.79 Å². The van der Waals surface area contributed by atoms with Gasteiger partial charge in [0.1, 0.15) is 12.2 Å². The lowest BCUT2D eigenvalue weighted by Gasteiger charge is -2.27. The molecule has 0 rings (SSSR count). The third-order valence-electron chi connectivity index (χ3n) is 12.4. The highest BCUT2D eigenvalue weighted by molar-refractivity contribution is 5.80. The molecule has 0 radical (unpaired) electrons. The second-order valence-electron chi connectivity index (χ2n) is 18.2. The van der Waals surface area contributed by atoms with Gasteiger partial charge in [-0.15, -0.1) is 0 Å². The molecule has 4 unspecified atom stereocenters. The largest absolute Gasteiger partial charge is 0.394 e. The second kappa shape index (κ2) is 47.8. The summed E-state index contributed by atoms with van der Waals surface area (Å²) in [5, 5.41) is 43.6. The summed E-state index contributed by atoms with van der Waals surface area (Å²) in [4.78, 5) is 12.5. The molecule has 0 saturated heterocycles. The zero-order chi connectivity index (χ0) is 43.1. The first-order valence-electron chi connectivity index (χ1n) is 26.2. The number of hydrogen-bond acceptors (Lipinski definition) is 5. The fourth-order valence-corrected chi connectivity index (χ4v) is 8.26. The highest BCUT2D eigenvalue weighted by Crippen LogP contribution is 2.17. The monoisotopic (exact) mass is 834 g/mol. The maximum absolute atomic E-state index is 12.5. The average Bonchev–Trinajstić information content (AvgIpc) is 3.24. The van der Waals surface area contributed by atoms with Gasteiger partial charge in [-0.25, -0.2) is 0 Å². The Balaban J connectivity index is 3.52. The zero-order valence-electron chi connectivity index (χ0n) is 39.5. The Morgan fingerprint density at radius 1 is 0.424 bits per heavy atom. The van der Waals surface area contributed by atoms with E-state index < -0.39 is 36.9 Å². The molecule has 1 amide bonds. The lowest BCUT2D eigenvalue weighted by atomic mass is 9.99. The quantitative estimate of drug-likeness (QED) is 0.0310. The first kappa shape index (κ1) is 57.8. The standard InChI is InChI=1S/C53H103NO5/c1-3-5-7-9-11-13-14-15-16-17-18-19-20-21-22-23-24-25-26-27-28-29-30-31-32-33-34-35-36-37-39-41-43-45-47-51(57)53(59)54-49(48-55)52(58)50(56)46-44-42-40-38-12-10-8-6-4-2/h20-21,23-24,49-52,55-58H,3-19,22,25-48H2,1-2H3,(H,54,59)/b21-20-,24-23-. The molecule has 0 aromatic heterocycles. The molecule has 0 aliphatic heterocycles. The highest BCUT2D eigenvalue weighted by atomic mass is 16.3. The summed E-state index contributed by atoms with van der Waals surface area (Å²) in [6.45, 7) is 4.03. The van der Waals surface area contributed by atoms with Crippen molar-refractivity contribution in [3.63, 3.8) is 0 Å². The van der Waals surface area contributed by atoms with Crippen LogP contribution in [0, 0.1) is 0 Å². The second-order valence-corrected chi connectivity index (χ2v) is 18.2. The number of carbonyl (C=O) groups excluding carboxylic acids is 1. The number of aliphatic hydroxyl groups is 4. The molecule has 0 heterocycles. The first-order chi connectivity index (χ1) is 29.0. The van der Waals surface area contributed by atoms with Crippen LogP contribution in [0.5, 0.6) is 0 Å². The molecule has 0 aromatic rings. The van der Waals surface area contributed by atoms with Crippen LogP contribution in [-0.4, -0.2) is 57.3 Å². The Hall–Kier alpha value is -1.21. The lowest BCUT2D eigenvalue weighted by Crippen LogP contribution is -2.53. The van der Waals surface area contributed by atoms with Gasteiger partial charge in [0.2, 0.25) is 5.91 Å². The van der Waals surface area contributed by atoms with Crippen molar-refractivity contribution in [2.75, 3.05) is 6.61 Å². The summed E-state index contributed by atoms with van der Waals surface area (Å²) in [5.41, 5.74) is 0. The van der Waals surface area contributed by atoms with E-state index in [1.807, 2.05) is 0 Å². The smallest absolute Gasteiger partial charge is 0.249 e. The Morgan fingerprint density at radius 3 is 1.07 bits per heavy atom. The van der Waals surface area contributed by atoms with Crippen molar-refractivity contribution >= 4 is 5.91 Å². The minimum atomic E-state index is -1.25. The molecule has 0 bridgehead atoms. The first-order valence-corrected chi connectivity index (χ1v) is 26.2. The fourth-order valence-electron chi connectivity index (χ4n) is 8.26. The Labute approximate surface area is 367 Å². The lowest BCUT2D eigenvalue weighted by molar-refractivity contribution is -0.132. The summed E-state index contributed by atoms with van der Waals surface area (Å²) in [6.07, 6.45) is 56.9. The molecule has 5 N–H and O–H groups in total. The van der Waals surface area contributed by atoms with Gasteiger partial charge < -0.3 is 25.7 Å². The summed E-state index contributed by atoms with van der Waals surface area (Å²) in [5.74, 6) is -0.583. The maximum Gasteiger partial charge on any atom is 0.249 e. The van der Waals surface area contributed by atoms with E-state index in [0.29, 0.717) is 12.8 Å². The Bertz CT molecular complexity index is 893. The van der Waals surface area contributed by atoms with Crippen molar-refractivity contribution < 1.29 is 25.2 Å². The van der Waals surface area contributed by atoms with Crippen molar-refractivity contribution in [2.45, 2.75) is 301 Å². The van der Waals surface area contributed by atoms with Crippen molar-refractivity contribution in [3.8, 4) is 0 Å². The van der Waals surface area contributed by atoms with Gasteiger partial charge in [-0.1, -0.05) is 256 Å². The van der Waals surface area contributed by atoms with Gasteiger partial charge >= 0.3 is 0 Å². The van der Waals surface area contributed by atoms with Crippen molar-refractivity contribution in [1.29, 1.82) is 0 Å². The molecular weight excluding hydrogens is 731 g/mol. The predicted molar refractivity (Wildman–Crippen MR) is 256 cm³/mol. The van der Waals surface area contributed by atoms with Crippen LogP contribution in [0.3, 0.4) is 0 Å². The Kier molecular flexibility index (Phi) is 46.9. The fraction of sp³-hybridized carbons (Fsp3) is 0.906. The molecule has 0 fully saturated rings. The van der Waals surface area contributed by atoms with Crippen LogP contribution in [0.4, 0.5) is 0 Å². The third-order valence-corrected chi connectivity index (χ3v) is 12.4. The van der Waals surface area contributed by atoms with Crippen LogP contribution in [0.1, 0.15) is 277 Å². The van der Waals surface area contributed by atoms with E-state index in [4.69, 9.17) is 0 Å². The molecule has 0 aliphatic carbocycles. The predicted octanol–water partition coefficient (Wildman–Crippen LogP) is 14.7. The molecule has 6 nitrogen and oxygen atoms in total. The maximum atomic E-state index is 12.5. The number of aliphatic hydroxyl groups excluding tert-OH is 4.